The summed E-state index contributed by atoms with van der Waals surface area (Å²) in [6.07, 6.45) is 1.12. The first-order chi connectivity index (χ1) is 6.92. The number of carbonyl (C=O) groups is 1. The normalized spacial score (nSPS) is 13.7. The van der Waals surface area contributed by atoms with Gasteiger partial charge in [-0.3, -0.25) is 9.78 Å². The number of aromatic nitrogens is 1. The number of thiazole rings is 1. The van der Waals surface area contributed by atoms with Gasteiger partial charge in [0.1, 0.15) is 0 Å². The fraction of sp³-hybridized carbons (Fsp3) is 0.500. The maximum absolute atomic E-state index is 11.6. The van der Waals surface area contributed by atoms with E-state index in [4.69, 9.17) is 5.11 Å². The van der Waals surface area contributed by atoms with Gasteiger partial charge >= 0.3 is 5.97 Å². The first-order valence-corrected chi connectivity index (χ1v) is 6.82. The van der Waals surface area contributed by atoms with Crippen LogP contribution in [0.2, 0.25) is 0 Å². The molecular formula is C8H11NO4S2. The first-order valence-electron chi connectivity index (χ1n) is 4.22. The van der Waals surface area contributed by atoms with Crippen LogP contribution in [0.15, 0.2) is 11.7 Å². The highest BCUT2D eigenvalue weighted by Crippen LogP contribution is 2.16. The van der Waals surface area contributed by atoms with Crippen molar-refractivity contribution in [2.75, 3.05) is 0 Å². The second-order valence-electron chi connectivity index (χ2n) is 3.18. The lowest BCUT2D eigenvalue weighted by atomic mass is 10.3. The zero-order valence-corrected chi connectivity index (χ0v) is 9.71. The van der Waals surface area contributed by atoms with E-state index in [-0.39, 0.29) is 12.2 Å². The fourth-order valence-electron chi connectivity index (χ4n) is 1.03. The van der Waals surface area contributed by atoms with E-state index in [0.29, 0.717) is 4.88 Å². The molecule has 7 heteroatoms. The van der Waals surface area contributed by atoms with Crippen molar-refractivity contribution in [2.45, 2.75) is 24.3 Å². The molecule has 0 fully saturated rings. The molecule has 0 radical (unpaired) electrons. The van der Waals surface area contributed by atoms with Gasteiger partial charge < -0.3 is 5.11 Å². The molecule has 0 aliphatic carbocycles. The van der Waals surface area contributed by atoms with Gasteiger partial charge in [0.05, 0.1) is 22.9 Å². The van der Waals surface area contributed by atoms with Crippen molar-refractivity contribution in [1.82, 2.24) is 4.98 Å². The molecule has 1 heterocycles. The van der Waals surface area contributed by atoms with Gasteiger partial charge in [0.15, 0.2) is 9.84 Å². The number of rotatable bonds is 5. The smallest absolute Gasteiger partial charge is 0.304 e. The molecule has 84 valence electrons. The molecule has 0 amide bonds. The Morgan fingerprint density at radius 3 is 2.80 bits per heavy atom. The standard InChI is InChI=1S/C8H11NO4S2/c1-6(2-8(10)11)15(12,13)4-7-3-9-5-14-7/h3,5-6H,2,4H2,1H3,(H,10,11). The predicted octanol–water partition coefficient (Wildman–Crippen LogP) is 0.921. The predicted molar refractivity (Wildman–Crippen MR) is 56.5 cm³/mol. The van der Waals surface area contributed by atoms with Gasteiger partial charge in [-0.25, -0.2) is 8.42 Å². The first kappa shape index (κ1) is 12.1. The van der Waals surface area contributed by atoms with Gasteiger partial charge in [0, 0.05) is 11.1 Å². The highest BCUT2D eigenvalue weighted by atomic mass is 32.2. The average molecular weight is 249 g/mol. The molecule has 1 N–H and O–H groups in total. The number of hydrogen-bond donors (Lipinski definition) is 1. The monoisotopic (exact) mass is 249 g/mol. The molecule has 0 bridgehead atoms. The number of carboxylic acids is 1. The minimum Gasteiger partial charge on any atom is -0.481 e. The van der Waals surface area contributed by atoms with Crippen molar-refractivity contribution >= 4 is 27.1 Å². The van der Waals surface area contributed by atoms with Gasteiger partial charge in [-0.05, 0) is 6.92 Å². The summed E-state index contributed by atoms with van der Waals surface area (Å²) < 4.78 is 23.3. The summed E-state index contributed by atoms with van der Waals surface area (Å²) in [6.45, 7) is 1.41. The number of carboxylic acid groups (broad SMARTS) is 1. The van der Waals surface area contributed by atoms with Crippen LogP contribution in [-0.4, -0.2) is 29.7 Å². The van der Waals surface area contributed by atoms with E-state index >= 15 is 0 Å². The molecule has 0 aliphatic heterocycles. The average Bonchev–Trinajstić information content (AvgIpc) is 2.54. The number of sulfone groups is 1. The minimum absolute atomic E-state index is 0.133. The van der Waals surface area contributed by atoms with Crippen LogP contribution in [0.5, 0.6) is 0 Å². The third-order valence-electron chi connectivity index (χ3n) is 1.90. The van der Waals surface area contributed by atoms with Crippen LogP contribution in [-0.2, 0) is 20.4 Å². The summed E-state index contributed by atoms with van der Waals surface area (Å²) in [5.41, 5.74) is 1.55. The lowest BCUT2D eigenvalue weighted by Crippen LogP contribution is -2.22. The molecule has 0 aliphatic rings. The number of nitrogens with zero attached hydrogens (tertiary/aromatic N) is 1. The quantitative estimate of drug-likeness (QED) is 0.838. The summed E-state index contributed by atoms with van der Waals surface area (Å²) in [5, 5.41) is 7.64. The van der Waals surface area contributed by atoms with E-state index in [2.05, 4.69) is 4.98 Å². The van der Waals surface area contributed by atoms with Crippen LogP contribution in [0, 0.1) is 0 Å². The summed E-state index contributed by atoms with van der Waals surface area (Å²) >= 11 is 1.25. The molecule has 1 aromatic rings. The largest absolute Gasteiger partial charge is 0.481 e. The highest BCUT2D eigenvalue weighted by molar-refractivity contribution is 7.91. The molecule has 0 spiro atoms. The Balaban J connectivity index is 2.71. The van der Waals surface area contributed by atoms with Gasteiger partial charge in [0.2, 0.25) is 0 Å². The topological polar surface area (TPSA) is 84.3 Å². The summed E-state index contributed by atoms with van der Waals surface area (Å²) in [6, 6.07) is 0. The third-order valence-corrected chi connectivity index (χ3v) is 4.97. The van der Waals surface area contributed by atoms with Crippen LogP contribution in [0.4, 0.5) is 0 Å². The molecule has 5 nitrogen and oxygen atoms in total. The molecular weight excluding hydrogens is 238 g/mol. The van der Waals surface area contributed by atoms with E-state index < -0.39 is 21.1 Å². The van der Waals surface area contributed by atoms with Crippen LogP contribution in [0.1, 0.15) is 18.2 Å². The zero-order valence-electron chi connectivity index (χ0n) is 8.08. The Morgan fingerprint density at radius 1 is 1.67 bits per heavy atom. The molecule has 1 unspecified atom stereocenters. The summed E-state index contributed by atoms with van der Waals surface area (Å²) in [7, 11) is -3.39. The molecule has 1 aromatic heterocycles. The number of hydrogen-bond acceptors (Lipinski definition) is 5. The Morgan fingerprint density at radius 2 is 2.33 bits per heavy atom. The summed E-state index contributed by atoms with van der Waals surface area (Å²) in [4.78, 5) is 14.8. The van der Waals surface area contributed by atoms with Crippen molar-refractivity contribution in [3.05, 3.63) is 16.6 Å². The highest BCUT2D eigenvalue weighted by Gasteiger charge is 2.24. The van der Waals surface area contributed by atoms with Crippen molar-refractivity contribution in [2.24, 2.45) is 0 Å². The molecule has 1 atom stereocenters. The Hall–Kier alpha value is -0.950. The summed E-state index contributed by atoms with van der Waals surface area (Å²) in [5.74, 6) is -1.23. The maximum Gasteiger partial charge on any atom is 0.304 e. The van der Waals surface area contributed by atoms with Crippen LogP contribution in [0.3, 0.4) is 0 Å². The maximum atomic E-state index is 11.6. The van der Waals surface area contributed by atoms with Gasteiger partial charge in [-0.1, -0.05) is 0 Å². The Bertz CT molecular complexity index is 424. The van der Waals surface area contributed by atoms with Crippen LogP contribution >= 0.6 is 11.3 Å². The van der Waals surface area contributed by atoms with Gasteiger partial charge in [-0.15, -0.1) is 11.3 Å². The fourth-order valence-corrected chi connectivity index (χ4v) is 3.32. The van der Waals surface area contributed by atoms with Gasteiger partial charge in [0.25, 0.3) is 0 Å². The Kier molecular flexibility index (Phi) is 3.81. The lowest BCUT2D eigenvalue weighted by Gasteiger charge is -2.08. The third kappa shape index (κ3) is 3.60. The molecule has 0 saturated carbocycles. The van der Waals surface area contributed by atoms with Crippen molar-refractivity contribution in [3.8, 4) is 0 Å². The second kappa shape index (κ2) is 4.71. The zero-order chi connectivity index (χ0) is 11.5. The minimum atomic E-state index is -3.39. The van der Waals surface area contributed by atoms with Crippen molar-refractivity contribution in [3.63, 3.8) is 0 Å². The molecule has 15 heavy (non-hydrogen) atoms. The van der Waals surface area contributed by atoms with E-state index in [0.717, 1.165) is 0 Å². The Labute approximate surface area is 91.7 Å². The van der Waals surface area contributed by atoms with Crippen LogP contribution in [0.25, 0.3) is 0 Å². The van der Waals surface area contributed by atoms with Crippen LogP contribution < -0.4 is 0 Å². The van der Waals surface area contributed by atoms with Gasteiger partial charge in [-0.2, -0.15) is 0 Å². The van der Waals surface area contributed by atoms with Crippen molar-refractivity contribution in [1.29, 1.82) is 0 Å². The van der Waals surface area contributed by atoms with Crippen molar-refractivity contribution < 1.29 is 18.3 Å². The SMILES string of the molecule is CC(CC(=O)O)S(=O)(=O)Cc1cncs1. The number of aliphatic carboxylic acids is 1. The lowest BCUT2D eigenvalue weighted by molar-refractivity contribution is -0.136. The molecule has 0 saturated heterocycles. The van der Waals surface area contributed by atoms with E-state index in [9.17, 15) is 13.2 Å². The van der Waals surface area contributed by atoms with E-state index in [1.165, 1.54) is 24.5 Å². The van der Waals surface area contributed by atoms with E-state index in [1.807, 2.05) is 0 Å². The second-order valence-corrected chi connectivity index (χ2v) is 6.57. The van der Waals surface area contributed by atoms with E-state index in [1.54, 1.807) is 5.51 Å². The molecule has 0 aromatic carbocycles. The molecule has 1 rings (SSSR count).